The first-order valence-corrected chi connectivity index (χ1v) is 3.77. The SMILES string of the molecule is O=CC(=O)C(O)C(O)C(O)C(O)CO. The maximum absolute atomic E-state index is 10.5. The Morgan fingerprint density at radius 1 is 1.14 bits per heavy atom. The van der Waals surface area contributed by atoms with Gasteiger partial charge in [-0.05, 0) is 0 Å². The number of rotatable bonds is 6. The molecule has 0 heterocycles. The van der Waals surface area contributed by atoms with Gasteiger partial charge in [-0.2, -0.15) is 0 Å². The van der Waals surface area contributed by atoms with E-state index in [9.17, 15) is 9.59 Å². The molecule has 5 N–H and O–H groups in total. The summed E-state index contributed by atoms with van der Waals surface area (Å²) in [4.78, 5) is 20.4. The van der Waals surface area contributed by atoms with Crippen LogP contribution in [0.5, 0.6) is 0 Å². The van der Waals surface area contributed by atoms with E-state index in [0.717, 1.165) is 0 Å². The van der Waals surface area contributed by atoms with E-state index in [4.69, 9.17) is 25.5 Å². The lowest BCUT2D eigenvalue weighted by Crippen LogP contribution is -2.48. The van der Waals surface area contributed by atoms with Gasteiger partial charge in [-0.25, -0.2) is 0 Å². The zero-order valence-corrected chi connectivity index (χ0v) is 7.15. The molecule has 4 atom stereocenters. The summed E-state index contributed by atoms with van der Waals surface area (Å²) in [5, 5.41) is 44.2. The first-order valence-electron chi connectivity index (χ1n) is 3.77. The molecule has 7 nitrogen and oxygen atoms in total. The molecule has 0 saturated carbocycles. The van der Waals surface area contributed by atoms with Crippen LogP contribution < -0.4 is 0 Å². The third-order valence-electron chi connectivity index (χ3n) is 1.66. The predicted octanol–water partition coefficient (Wildman–Crippen LogP) is -3.81. The van der Waals surface area contributed by atoms with Crippen molar-refractivity contribution >= 4 is 12.1 Å². The second-order valence-corrected chi connectivity index (χ2v) is 2.70. The van der Waals surface area contributed by atoms with Crippen molar-refractivity contribution in [2.45, 2.75) is 24.4 Å². The Morgan fingerprint density at radius 3 is 2.00 bits per heavy atom. The number of aldehydes is 1. The van der Waals surface area contributed by atoms with Gasteiger partial charge in [0.25, 0.3) is 0 Å². The number of carbonyl (C=O) groups excluding carboxylic acids is 2. The molecule has 0 saturated heterocycles. The quantitative estimate of drug-likeness (QED) is 0.223. The van der Waals surface area contributed by atoms with Crippen LogP contribution in [0.3, 0.4) is 0 Å². The number of hydrogen-bond donors (Lipinski definition) is 5. The maximum Gasteiger partial charge on any atom is 0.226 e. The van der Waals surface area contributed by atoms with Gasteiger partial charge in [-0.1, -0.05) is 0 Å². The first-order chi connectivity index (χ1) is 6.45. The van der Waals surface area contributed by atoms with E-state index in [1.54, 1.807) is 0 Å². The van der Waals surface area contributed by atoms with Crippen molar-refractivity contribution in [1.29, 1.82) is 0 Å². The van der Waals surface area contributed by atoms with Gasteiger partial charge in [0.15, 0.2) is 6.29 Å². The number of hydrogen-bond acceptors (Lipinski definition) is 7. The average Bonchev–Trinajstić information content (AvgIpc) is 2.23. The highest BCUT2D eigenvalue weighted by Crippen LogP contribution is 2.05. The van der Waals surface area contributed by atoms with Crippen molar-refractivity contribution in [2.24, 2.45) is 0 Å². The van der Waals surface area contributed by atoms with E-state index >= 15 is 0 Å². The predicted molar refractivity (Wildman–Crippen MR) is 42.2 cm³/mol. The molecule has 0 amide bonds. The van der Waals surface area contributed by atoms with Crippen LogP contribution in [0.25, 0.3) is 0 Å². The molecule has 0 radical (unpaired) electrons. The zero-order chi connectivity index (χ0) is 11.3. The van der Waals surface area contributed by atoms with Gasteiger partial charge in [0.1, 0.15) is 24.4 Å². The molecule has 14 heavy (non-hydrogen) atoms. The van der Waals surface area contributed by atoms with Crippen LogP contribution in [0.4, 0.5) is 0 Å². The number of aliphatic hydroxyl groups is 5. The molecule has 7 heteroatoms. The molecular formula is C7H12O7. The fourth-order valence-corrected chi connectivity index (χ4v) is 0.760. The van der Waals surface area contributed by atoms with Gasteiger partial charge in [0.2, 0.25) is 5.78 Å². The number of Topliss-reactive ketones (excluding diaryl/α,β-unsaturated/α-hetero) is 1. The standard InChI is InChI=1S/C7H12O7/c8-1-3(10)5(12)7(14)6(13)4(11)2-9/h1,4-7,9,11-14H,2H2. The van der Waals surface area contributed by atoms with Gasteiger partial charge in [0, 0.05) is 0 Å². The normalized spacial score (nSPS) is 19.5. The van der Waals surface area contributed by atoms with Gasteiger partial charge in [-0.3, -0.25) is 9.59 Å². The van der Waals surface area contributed by atoms with Crippen molar-refractivity contribution in [3.8, 4) is 0 Å². The third-order valence-corrected chi connectivity index (χ3v) is 1.66. The Bertz CT molecular complexity index is 204. The molecule has 0 fully saturated rings. The summed E-state index contributed by atoms with van der Waals surface area (Å²) >= 11 is 0. The lowest BCUT2D eigenvalue weighted by Gasteiger charge is -2.23. The van der Waals surface area contributed by atoms with Crippen molar-refractivity contribution in [3.63, 3.8) is 0 Å². The van der Waals surface area contributed by atoms with Crippen LogP contribution in [0.2, 0.25) is 0 Å². The van der Waals surface area contributed by atoms with E-state index in [2.05, 4.69) is 0 Å². The van der Waals surface area contributed by atoms with E-state index in [1.807, 2.05) is 0 Å². The monoisotopic (exact) mass is 208 g/mol. The second-order valence-electron chi connectivity index (χ2n) is 2.70. The van der Waals surface area contributed by atoms with Crippen LogP contribution >= 0.6 is 0 Å². The van der Waals surface area contributed by atoms with E-state index in [0.29, 0.717) is 0 Å². The Labute approximate surface area is 79.2 Å². The summed E-state index contributed by atoms with van der Waals surface area (Å²) in [6.45, 7) is -0.847. The molecular weight excluding hydrogens is 196 g/mol. The zero-order valence-electron chi connectivity index (χ0n) is 7.15. The summed E-state index contributed by atoms with van der Waals surface area (Å²) in [6.07, 6.45) is -7.94. The molecule has 0 aliphatic carbocycles. The summed E-state index contributed by atoms with van der Waals surface area (Å²) in [5.41, 5.74) is 0. The van der Waals surface area contributed by atoms with E-state index < -0.39 is 36.8 Å². The third kappa shape index (κ3) is 3.13. The Balaban J connectivity index is 4.37. The van der Waals surface area contributed by atoms with Crippen molar-refractivity contribution < 1.29 is 35.1 Å². The minimum absolute atomic E-state index is 0.216. The Kier molecular flexibility index (Phi) is 5.43. The molecule has 0 spiro atoms. The van der Waals surface area contributed by atoms with Crippen LogP contribution in [-0.2, 0) is 9.59 Å². The number of ketones is 1. The molecule has 0 bridgehead atoms. The van der Waals surface area contributed by atoms with Gasteiger partial charge >= 0.3 is 0 Å². The van der Waals surface area contributed by atoms with Crippen LogP contribution in [0, 0.1) is 0 Å². The molecule has 0 aliphatic heterocycles. The minimum atomic E-state index is -2.11. The summed E-state index contributed by atoms with van der Waals surface area (Å²) in [7, 11) is 0. The fraction of sp³-hybridized carbons (Fsp3) is 0.714. The molecule has 0 aromatic rings. The molecule has 4 unspecified atom stereocenters. The smallest absolute Gasteiger partial charge is 0.226 e. The van der Waals surface area contributed by atoms with Gasteiger partial charge in [-0.15, -0.1) is 0 Å². The van der Waals surface area contributed by atoms with E-state index in [-0.39, 0.29) is 6.29 Å². The van der Waals surface area contributed by atoms with Gasteiger partial charge in [0.05, 0.1) is 6.61 Å². The second kappa shape index (κ2) is 5.78. The van der Waals surface area contributed by atoms with Crippen LogP contribution in [-0.4, -0.2) is 68.6 Å². The highest BCUT2D eigenvalue weighted by Gasteiger charge is 2.33. The summed E-state index contributed by atoms with van der Waals surface area (Å²) in [5.74, 6) is -1.32. The topological polar surface area (TPSA) is 135 Å². The Hall–Kier alpha value is -0.860. The molecule has 0 aromatic heterocycles. The van der Waals surface area contributed by atoms with Crippen molar-refractivity contribution in [1.82, 2.24) is 0 Å². The lowest BCUT2D eigenvalue weighted by molar-refractivity contribution is -0.150. The summed E-state index contributed by atoms with van der Waals surface area (Å²) < 4.78 is 0. The highest BCUT2D eigenvalue weighted by atomic mass is 16.4. The fourth-order valence-electron chi connectivity index (χ4n) is 0.760. The molecule has 82 valence electrons. The van der Waals surface area contributed by atoms with Gasteiger partial charge < -0.3 is 25.5 Å². The molecule has 0 rings (SSSR count). The maximum atomic E-state index is 10.5. The van der Waals surface area contributed by atoms with Crippen LogP contribution in [0.15, 0.2) is 0 Å². The largest absolute Gasteiger partial charge is 0.394 e. The highest BCUT2D eigenvalue weighted by molar-refractivity contribution is 6.27. The number of carbonyl (C=O) groups is 2. The number of aliphatic hydroxyl groups excluding tert-OH is 5. The van der Waals surface area contributed by atoms with Crippen molar-refractivity contribution in [3.05, 3.63) is 0 Å². The van der Waals surface area contributed by atoms with Crippen molar-refractivity contribution in [2.75, 3.05) is 6.61 Å². The first kappa shape index (κ1) is 13.1. The van der Waals surface area contributed by atoms with E-state index in [1.165, 1.54) is 0 Å². The molecule has 0 aromatic carbocycles. The average molecular weight is 208 g/mol. The Morgan fingerprint density at radius 2 is 1.64 bits per heavy atom. The lowest BCUT2D eigenvalue weighted by atomic mass is 10.0. The minimum Gasteiger partial charge on any atom is -0.394 e. The summed E-state index contributed by atoms with van der Waals surface area (Å²) in [6, 6.07) is 0. The van der Waals surface area contributed by atoms with Crippen LogP contribution in [0.1, 0.15) is 0 Å². The molecule has 0 aliphatic rings.